The molecule has 0 spiro atoms. The fourth-order valence-electron chi connectivity index (χ4n) is 2.69. The number of H-pyrrole nitrogens is 2. The standard InChI is InChI=1S/C16H19N3O3/c1-2-22-12-5-3-11(4-6-12)9-15(20)19-8-7-14-13(10-19)16(21)18-17-14/h3-6H,2,7-10H2,1H3,(H2,17,18,21). The SMILES string of the molecule is CCOc1ccc(CC(=O)N2CCc3[nH][nH]c(=O)c3C2)cc1. The van der Waals surface area contributed by atoms with Crippen LogP contribution in [-0.2, 0) is 24.2 Å². The van der Waals surface area contributed by atoms with E-state index < -0.39 is 0 Å². The van der Waals surface area contributed by atoms with Gasteiger partial charge in [0, 0.05) is 18.7 Å². The van der Waals surface area contributed by atoms with E-state index in [1.54, 1.807) is 4.90 Å². The number of carbonyl (C=O) groups excluding carboxylic acids is 1. The van der Waals surface area contributed by atoms with Crippen LogP contribution < -0.4 is 10.3 Å². The summed E-state index contributed by atoms with van der Waals surface area (Å²) in [4.78, 5) is 25.8. The van der Waals surface area contributed by atoms with Crippen LogP contribution in [0.15, 0.2) is 29.1 Å². The Kier molecular flexibility index (Phi) is 4.00. The Balaban J connectivity index is 1.65. The first-order valence-electron chi connectivity index (χ1n) is 7.45. The molecule has 116 valence electrons. The van der Waals surface area contributed by atoms with E-state index in [0.29, 0.717) is 38.1 Å². The van der Waals surface area contributed by atoms with Gasteiger partial charge in [0.1, 0.15) is 5.75 Å². The number of aromatic amines is 2. The van der Waals surface area contributed by atoms with E-state index in [4.69, 9.17) is 4.74 Å². The highest BCUT2D eigenvalue weighted by molar-refractivity contribution is 5.79. The Labute approximate surface area is 128 Å². The Morgan fingerprint density at radius 2 is 2.05 bits per heavy atom. The van der Waals surface area contributed by atoms with Gasteiger partial charge in [-0.05, 0) is 24.6 Å². The van der Waals surface area contributed by atoms with Crippen molar-refractivity contribution < 1.29 is 9.53 Å². The maximum Gasteiger partial charge on any atom is 0.269 e. The summed E-state index contributed by atoms with van der Waals surface area (Å²) in [6.07, 6.45) is 1.02. The van der Waals surface area contributed by atoms with Crippen LogP contribution in [0.25, 0.3) is 0 Å². The van der Waals surface area contributed by atoms with Crippen molar-refractivity contribution in [2.24, 2.45) is 0 Å². The zero-order valence-electron chi connectivity index (χ0n) is 12.5. The van der Waals surface area contributed by atoms with Gasteiger partial charge in [0.2, 0.25) is 5.91 Å². The van der Waals surface area contributed by atoms with Crippen LogP contribution in [-0.4, -0.2) is 34.2 Å². The number of rotatable bonds is 4. The molecule has 1 aliphatic rings. The van der Waals surface area contributed by atoms with E-state index in [2.05, 4.69) is 10.2 Å². The molecule has 1 aliphatic heterocycles. The van der Waals surface area contributed by atoms with Crippen LogP contribution >= 0.6 is 0 Å². The van der Waals surface area contributed by atoms with Gasteiger partial charge in [-0.2, -0.15) is 0 Å². The topological polar surface area (TPSA) is 78.2 Å². The molecule has 2 N–H and O–H groups in total. The Bertz CT molecular complexity index is 715. The lowest BCUT2D eigenvalue weighted by molar-refractivity contribution is -0.131. The predicted octanol–water partition coefficient (Wildman–Crippen LogP) is 1.23. The highest BCUT2D eigenvalue weighted by Crippen LogP contribution is 2.16. The van der Waals surface area contributed by atoms with Gasteiger partial charge in [-0.15, -0.1) is 0 Å². The molecule has 0 saturated carbocycles. The van der Waals surface area contributed by atoms with Crippen LogP contribution in [0.4, 0.5) is 0 Å². The van der Waals surface area contributed by atoms with Gasteiger partial charge in [0.15, 0.2) is 0 Å². The quantitative estimate of drug-likeness (QED) is 0.891. The number of nitrogens with one attached hydrogen (secondary N) is 2. The van der Waals surface area contributed by atoms with E-state index in [0.717, 1.165) is 17.0 Å². The number of carbonyl (C=O) groups is 1. The molecule has 6 heteroatoms. The average molecular weight is 301 g/mol. The van der Waals surface area contributed by atoms with Gasteiger partial charge >= 0.3 is 0 Å². The molecule has 1 amide bonds. The van der Waals surface area contributed by atoms with Crippen molar-refractivity contribution in [2.45, 2.75) is 26.3 Å². The maximum atomic E-state index is 12.4. The van der Waals surface area contributed by atoms with Crippen LogP contribution in [0.2, 0.25) is 0 Å². The number of hydrogen-bond acceptors (Lipinski definition) is 3. The minimum Gasteiger partial charge on any atom is -0.494 e. The number of benzene rings is 1. The molecule has 0 bridgehead atoms. The van der Waals surface area contributed by atoms with Crippen molar-refractivity contribution in [3.05, 3.63) is 51.4 Å². The highest BCUT2D eigenvalue weighted by Gasteiger charge is 2.23. The number of fused-ring (bicyclic) bond motifs is 1. The lowest BCUT2D eigenvalue weighted by Gasteiger charge is -2.26. The van der Waals surface area contributed by atoms with Crippen LogP contribution in [0.1, 0.15) is 23.7 Å². The van der Waals surface area contributed by atoms with Crippen molar-refractivity contribution in [1.29, 1.82) is 0 Å². The highest BCUT2D eigenvalue weighted by atomic mass is 16.5. The van der Waals surface area contributed by atoms with Gasteiger partial charge in [-0.25, -0.2) is 0 Å². The van der Waals surface area contributed by atoms with Crippen molar-refractivity contribution in [3.63, 3.8) is 0 Å². The molecule has 2 aromatic rings. The van der Waals surface area contributed by atoms with Crippen molar-refractivity contribution in [1.82, 2.24) is 15.1 Å². The molecule has 6 nitrogen and oxygen atoms in total. The van der Waals surface area contributed by atoms with Crippen molar-refractivity contribution in [3.8, 4) is 5.75 Å². The van der Waals surface area contributed by atoms with Gasteiger partial charge in [0.05, 0.1) is 25.1 Å². The summed E-state index contributed by atoms with van der Waals surface area (Å²) in [6, 6.07) is 7.55. The second kappa shape index (κ2) is 6.09. The van der Waals surface area contributed by atoms with Crippen LogP contribution in [0.5, 0.6) is 5.75 Å². The zero-order chi connectivity index (χ0) is 15.5. The van der Waals surface area contributed by atoms with E-state index in [-0.39, 0.29) is 11.5 Å². The summed E-state index contributed by atoms with van der Waals surface area (Å²) in [5.74, 6) is 0.843. The van der Waals surface area contributed by atoms with Crippen molar-refractivity contribution in [2.75, 3.05) is 13.2 Å². The predicted molar refractivity (Wildman–Crippen MR) is 81.8 cm³/mol. The second-order valence-electron chi connectivity index (χ2n) is 5.36. The third kappa shape index (κ3) is 2.90. The zero-order valence-corrected chi connectivity index (χ0v) is 12.5. The van der Waals surface area contributed by atoms with Gasteiger partial charge < -0.3 is 14.7 Å². The first-order valence-corrected chi connectivity index (χ1v) is 7.45. The number of hydrogen-bond donors (Lipinski definition) is 2. The monoisotopic (exact) mass is 301 g/mol. The number of nitrogens with zero attached hydrogens (tertiary/aromatic N) is 1. The van der Waals surface area contributed by atoms with Gasteiger partial charge in [-0.3, -0.25) is 14.7 Å². The molecule has 0 aliphatic carbocycles. The largest absolute Gasteiger partial charge is 0.494 e. The first-order chi connectivity index (χ1) is 10.7. The van der Waals surface area contributed by atoms with Crippen LogP contribution in [0.3, 0.4) is 0 Å². The summed E-state index contributed by atoms with van der Waals surface area (Å²) >= 11 is 0. The fraction of sp³-hybridized carbons (Fsp3) is 0.375. The summed E-state index contributed by atoms with van der Waals surface area (Å²) in [6.45, 7) is 3.57. The summed E-state index contributed by atoms with van der Waals surface area (Å²) < 4.78 is 5.39. The number of ether oxygens (including phenoxy) is 1. The molecule has 1 aromatic carbocycles. The fourth-order valence-corrected chi connectivity index (χ4v) is 2.69. The van der Waals surface area contributed by atoms with Crippen molar-refractivity contribution >= 4 is 5.91 Å². The minimum absolute atomic E-state index is 0.0374. The van der Waals surface area contributed by atoms with Gasteiger partial charge in [0.25, 0.3) is 5.56 Å². The summed E-state index contributed by atoms with van der Waals surface area (Å²) in [7, 11) is 0. The first kappa shape index (κ1) is 14.4. The minimum atomic E-state index is -0.131. The molecule has 0 atom stereocenters. The molecule has 1 aromatic heterocycles. The summed E-state index contributed by atoms with van der Waals surface area (Å²) in [5.41, 5.74) is 2.40. The third-order valence-electron chi connectivity index (χ3n) is 3.89. The molecular formula is C16H19N3O3. The Morgan fingerprint density at radius 1 is 1.27 bits per heavy atom. The summed E-state index contributed by atoms with van der Waals surface area (Å²) in [5, 5.41) is 5.44. The average Bonchev–Trinajstić information content (AvgIpc) is 2.90. The number of amides is 1. The van der Waals surface area contributed by atoms with E-state index >= 15 is 0 Å². The molecule has 0 unspecified atom stereocenters. The lowest BCUT2D eigenvalue weighted by Crippen LogP contribution is -2.38. The normalized spacial score (nSPS) is 13.8. The number of aromatic nitrogens is 2. The van der Waals surface area contributed by atoms with E-state index in [1.165, 1.54) is 0 Å². The van der Waals surface area contributed by atoms with E-state index in [9.17, 15) is 9.59 Å². The molecule has 3 rings (SSSR count). The van der Waals surface area contributed by atoms with Gasteiger partial charge in [-0.1, -0.05) is 12.1 Å². The third-order valence-corrected chi connectivity index (χ3v) is 3.89. The smallest absolute Gasteiger partial charge is 0.269 e. The lowest BCUT2D eigenvalue weighted by atomic mass is 10.1. The Hall–Kier alpha value is -2.50. The van der Waals surface area contributed by atoms with Crippen LogP contribution in [0, 0.1) is 0 Å². The molecule has 0 fully saturated rings. The molecule has 0 saturated heterocycles. The second-order valence-corrected chi connectivity index (χ2v) is 5.36. The Morgan fingerprint density at radius 3 is 2.77 bits per heavy atom. The van der Waals surface area contributed by atoms with E-state index in [1.807, 2.05) is 31.2 Å². The maximum absolute atomic E-state index is 12.4. The molecule has 0 radical (unpaired) electrons. The molecule has 2 heterocycles. The molecular weight excluding hydrogens is 282 g/mol. The molecule has 22 heavy (non-hydrogen) atoms.